The third-order valence-electron chi connectivity index (χ3n) is 3.39. The summed E-state index contributed by atoms with van der Waals surface area (Å²) in [5.74, 6) is 0.186. The maximum Gasteiger partial charge on any atom is 0.0453 e. The number of hydrogen-bond donors (Lipinski definition) is 1. The Labute approximate surface area is 134 Å². The largest absolute Gasteiger partial charge is 0.327 e. The van der Waals surface area contributed by atoms with E-state index in [1.54, 1.807) is 6.07 Å². The van der Waals surface area contributed by atoms with Crippen molar-refractivity contribution in [1.29, 1.82) is 0 Å². The Balaban J connectivity index is 2.28. The van der Waals surface area contributed by atoms with Gasteiger partial charge in [-0.2, -0.15) is 0 Å². The Bertz CT molecular complexity index is 579. The van der Waals surface area contributed by atoms with Crippen molar-refractivity contribution in [2.24, 2.45) is 5.73 Å². The summed E-state index contributed by atoms with van der Waals surface area (Å²) < 4.78 is 0. The van der Waals surface area contributed by atoms with E-state index >= 15 is 0 Å². The maximum absolute atomic E-state index is 6.24. The molecule has 0 aliphatic heterocycles. The molecular weight excluding hydrogens is 313 g/mol. The van der Waals surface area contributed by atoms with E-state index in [9.17, 15) is 0 Å². The first-order valence-electron chi connectivity index (χ1n) is 6.42. The van der Waals surface area contributed by atoms with Gasteiger partial charge in [0, 0.05) is 27.0 Å². The highest BCUT2D eigenvalue weighted by molar-refractivity contribution is 6.35. The summed E-state index contributed by atoms with van der Waals surface area (Å²) in [7, 11) is 0. The fourth-order valence-corrected chi connectivity index (χ4v) is 2.85. The molecule has 2 N–H and O–H groups in total. The summed E-state index contributed by atoms with van der Waals surface area (Å²) in [6.45, 7) is 2.00. The first kappa shape index (κ1) is 15.7. The molecule has 0 aliphatic rings. The smallest absolute Gasteiger partial charge is 0.0453 e. The second kappa shape index (κ2) is 6.82. The first-order valence-corrected chi connectivity index (χ1v) is 7.55. The molecule has 0 heterocycles. The van der Waals surface area contributed by atoms with Crippen molar-refractivity contribution in [3.63, 3.8) is 0 Å². The normalized spacial score (nSPS) is 14.1. The Morgan fingerprint density at radius 3 is 2.10 bits per heavy atom. The molecule has 0 radical (unpaired) electrons. The van der Waals surface area contributed by atoms with Crippen molar-refractivity contribution >= 4 is 34.8 Å². The molecular formula is C16H16Cl3N. The van der Waals surface area contributed by atoms with Crippen molar-refractivity contribution in [3.05, 3.63) is 68.7 Å². The van der Waals surface area contributed by atoms with Crippen molar-refractivity contribution < 1.29 is 0 Å². The molecule has 0 aliphatic carbocycles. The standard InChI is InChI=1S/C16H16Cl3N/c1-10(20)15(11-2-5-13(17)6-3-11)8-12-4-7-14(18)9-16(12)19/h2-7,9-10,15H,8,20H2,1H3. The van der Waals surface area contributed by atoms with Gasteiger partial charge in [-0.1, -0.05) is 53.0 Å². The molecule has 2 aromatic carbocycles. The summed E-state index contributed by atoms with van der Waals surface area (Å²) in [6, 6.07) is 13.4. The van der Waals surface area contributed by atoms with Crippen LogP contribution in [0.3, 0.4) is 0 Å². The molecule has 0 amide bonds. The molecule has 0 aromatic heterocycles. The van der Waals surface area contributed by atoms with Crippen LogP contribution in [0.2, 0.25) is 15.1 Å². The van der Waals surface area contributed by atoms with Gasteiger partial charge in [-0.25, -0.2) is 0 Å². The number of nitrogens with two attached hydrogens (primary N) is 1. The number of benzene rings is 2. The lowest BCUT2D eigenvalue weighted by Gasteiger charge is -2.22. The average Bonchev–Trinajstić information content (AvgIpc) is 2.39. The molecule has 4 heteroatoms. The number of halogens is 3. The minimum atomic E-state index is 0.0166. The predicted octanol–water partition coefficient (Wildman–Crippen LogP) is 5.32. The van der Waals surface area contributed by atoms with Gasteiger partial charge in [0.25, 0.3) is 0 Å². The molecule has 2 aromatic rings. The molecule has 0 bridgehead atoms. The third-order valence-corrected chi connectivity index (χ3v) is 4.23. The zero-order valence-corrected chi connectivity index (χ0v) is 13.4. The Hall–Kier alpha value is -0.730. The topological polar surface area (TPSA) is 26.0 Å². The van der Waals surface area contributed by atoms with Gasteiger partial charge in [-0.15, -0.1) is 0 Å². The fourth-order valence-electron chi connectivity index (χ4n) is 2.24. The minimum absolute atomic E-state index is 0.0166. The molecule has 106 valence electrons. The quantitative estimate of drug-likeness (QED) is 0.807. The van der Waals surface area contributed by atoms with Gasteiger partial charge < -0.3 is 5.73 Å². The summed E-state index contributed by atoms with van der Waals surface area (Å²) in [5.41, 5.74) is 8.34. The van der Waals surface area contributed by atoms with Crippen molar-refractivity contribution in [3.8, 4) is 0 Å². The maximum atomic E-state index is 6.24. The van der Waals surface area contributed by atoms with Gasteiger partial charge in [-0.3, -0.25) is 0 Å². The summed E-state index contributed by atoms with van der Waals surface area (Å²) in [4.78, 5) is 0. The Morgan fingerprint density at radius 2 is 1.55 bits per heavy atom. The summed E-state index contributed by atoms with van der Waals surface area (Å²) in [5, 5.41) is 2.04. The highest BCUT2D eigenvalue weighted by atomic mass is 35.5. The van der Waals surface area contributed by atoms with E-state index in [1.165, 1.54) is 0 Å². The highest BCUT2D eigenvalue weighted by Crippen LogP contribution is 2.29. The van der Waals surface area contributed by atoms with E-state index < -0.39 is 0 Å². The molecule has 0 saturated heterocycles. The van der Waals surface area contributed by atoms with Crippen molar-refractivity contribution in [1.82, 2.24) is 0 Å². The molecule has 20 heavy (non-hydrogen) atoms. The molecule has 1 nitrogen and oxygen atoms in total. The van der Waals surface area contributed by atoms with Crippen LogP contribution in [0, 0.1) is 0 Å². The SMILES string of the molecule is CC(N)C(Cc1ccc(Cl)cc1Cl)c1ccc(Cl)cc1. The fraction of sp³-hybridized carbons (Fsp3) is 0.250. The van der Waals surface area contributed by atoms with Gasteiger partial charge in [0.15, 0.2) is 0 Å². The van der Waals surface area contributed by atoms with Gasteiger partial charge in [0.1, 0.15) is 0 Å². The lowest BCUT2D eigenvalue weighted by atomic mass is 9.87. The zero-order valence-electron chi connectivity index (χ0n) is 11.1. The minimum Gasteiger partial charge on any atom is -0.327 e. The number of rotatable bonds is 4. The van der Waals surface area contributed by atoms with Crippen molar-refractivity contribution in [2.75, 3.05) is 0 Å². The Morgan fingerprint density at radius 1 is 0.950 bits per heavy atom. The van der Waals surface area contributed by atoms with Gasteiger partial charge in [-0.05, 0) is 48.7 Å². The van der Waals surface area contributed by atoms with Crippen LogP contribution in [-0.4, -0.2) is 6.04 Å². The van der Waals surface area contributed by atoms with Gasteiger partial charge >= 0.3 is 0 Å². The second-order valence-electron chi connectivity index (χ2n) is 4.96. The van der Waals surface area contributed by atoms with Crippen LogP contribution in [0.4, 0.5) is 0 Å². The van der Waals surface area contributed by atoms with E-state index in [1.807, 2.05) is 43.3 Å². The molecule has 0 fully saturated rings. The van der Waals surface area contributed by atoms with Crippen LogP contribution in [0.5, 0.6) is 0 Å². The van der Waals surface area contributed by atoms with E-state index in [-0.39, 0.29) is 12.0 Å². The predicted molar refractivity (Wildman–Crippen MR) is 88.0 cm³/mol. The van der Waals surface area contributed by atoms with Crippen LogP contribution in [0.1, 0.15) is 24.0 Å². The van der Waals surface area contributed by atoms with E-state index in [0.717, 1.165) is 22.6 Å². The van der Waals surface area contributed by atoms with Gasteiger partial charge in [0.05, 0.1) is 0 Å². The third kappa shape index (κ3) is 3.89. The average molecular weight is 329 g/mol. The second-order valence-corrected chi connectivity index (χ2v) is 6.24. The molecule has 0 spiro atoms. The van der Waals surface area contributed by atoms with Crippen LogP contribution in [0.25, 0.3) is 0 Å². The monoisotopic (exact) mass is 327 g/mol. The lowest BCUT2D eigenvalue weighted by Crippen LogP contribution is -2.26. The van der Waals surface area contributed by atoms with Gasteiger partial charge in [0.2, 0.25) is 0 Å². The molecule has 2 unspecified atom stereocenters. The van der Waals surface area contributed by atoms with Crippen LogP contribution < -0.4 is 5.73 Å². The van der Waals surface area contributed by atoms with E-state index in [2.05, 4.69) is 0 Å². The van der Waals surface area contributed by atoms with Crippen molar-refractivity contribution in [2.45, 2.75) is 25.3 Å². The Kier molecular flexibility index (Phi) is 5.34. The van der Waals surface area contributed by atoms with E-state index in [4.69, 9.17) is 40.5 Å². The van der Waals surface area contributed by atoms with Crippen LogP contribution in [0.15, 0.2) is 42.5 Å². The molecule has 2 atom stereocenters. The zero-order chi connectivity index (χ0) is 14.7. The van der Waals surface area contributed by atoms with Crippen LogP contribution >= 0.6 is 34.8 Å². The number of hydrogen-bond acceptors (Lipinski definition) is 1. The lowest BCUT2D eigenvalue weighted by molar-refractivity contribution is 0.565. The summed E-state index contributed by atoms with van der Waals surface area (Å²) >= 11 is 18.1. The molecule has 0 saturated carbocycles. The molecule has 2 rings (SSSR count). The first-order chi connectivity index (χ1) is 9.47. The summed E-state index contributed by atoms with van der Waals surface area (Å²) in [6.07, 6.45) is 0.773. The highest BCUT2D eigenvalue weighted by Gasteiger charge is 2.18. The van der Waals surface area contributed by atoms with E-state index in [0.29, 0.717) is 10.0 Å². The van der Waals surface area contributed by atoms with Crippen LogP contribution in [-0.2, 0) is 6.42 Å².